The second-order valence-electron chi connectivity index (χ2n) is 11.3. The van der Waals surface area contributed by atoms with E-state index in [-0.39, 0.29) is 17.6 Å². The minimum Gasteiger partial charge on any atom is -0.444 e. The lowest BCUT2D eigenvalue weighted by Crippen LogP contribution is -2.40. The summed E-state index contributed by atoms with van der Waals surface area (Å²) in [5, 5.41) is 0. The van der Waals surface area contributed by atoms with Crippen molar-refractivity contribution >= 4 is 17.5 Å². The molecule has 0 radical (unpaired) electrons. The number of aromatic nitrogens is 2. The lowest BCUT2D eigenvalue weighted by Gasteiger charge is -2.27. The number of fused-ring (bicyclic) bond motifs is 1. The van der Waals surface area contributed by atoms with E-state index in [9.17, 15) is 22.8 Å². The molecule has 39 heavy (non-hydrogen) atoms. The monoisotopic (exact) mass is 544 g/mol. The number of alkyl halides is 2. The standard InChI is InChI=1S/C29H35F3N4O3/c1-17(2)35(16-26(31)32)27(37)24-12-21(30)7-8-22(24)23-11-20(15-36-18(3)33-13-25(23)36)19-9-10-34(14-19)28(38)39-29(4,5)6/h7-8,11-13,15,17,19,26H,9-10,14,16H2,1-6H3/t19-/m1/s1. The first-order valence-corrected chi connectivity index (χ1v) is 13.1. The van der Waals surface area contributed by atoms with Crippen molar-refractivity contribution < 1.29 is 27.5 Å². The van der Waals surface area contributed by atoms with Gasteiger partial charge in [-0.05, 0) is 77.3 Å². The zero-order valence-electron chi connectivity index (χ0n) is 23.2. The normalized spacial score (nSPS) is 16.0. The summed E-state index contributed by atoms with van der Waals surface area (Å²) in [5.41, 5.74) is 2.08. The molecule has 7 nitrogen and oxygen atoms in total. The smallest absolute Gasteiger partial charge is 0.410 e. The van der Waals surface area contributed by atoms with Crippen molar-refractivity contribution in [1.82, 2.24) is 19.2 Å². The van der Waals surface area contributed by atoms with Crippen molar-refractivity contribution in [3.63, 3.8) is 0 Å². The summed E-state index contributed by atoms with van der Waals surface area (Å²) < 4.78 is 48.5. The number of carbonyl (C=O) groups is 2. The number of benzene rings is 1. The number of hydrogen-bond donors (Lipinski definition) is 0. The number of amides is 2. The van der Waals surface area contributed by atoms with E-state index in [1.54, 1.807) is 24.9 Å². The molecule has 1 fully saturated rings. The van der Waals surface area contributed by atoms with Crippen LogP contribution >= 0.6 is 0 Å². The molecule has 1 saturated heterocycles. The maximum Gasteiger partial charge on any atom is 0.410 e. The Morgan fingerprint density at radius 2 is 1.90 bits per heavy atom. The van der Waals surface area contributed by atoms with E-state index in [1.165, 1.54) is 12.1 Å². The first-order chi connectivity index (χ1) is 18.2. The summed E-state index contributed by atoms with van der Waals surface area (Å²) in [6.07, 6.45) is 1.25. The van der Waals surface area contributed by atoms with Gasteiger partial charge in [0.2, 0.25) is 0 Å². The van der Waals surface area contributed by atoms with E-state index >= 15 is 0 Å². The lowest BCUT2D eigenvalue weighted by molar-refractivity contribution is 0.0292. The van der Waals surface area contributed by atoms with Crippen molar-refractivity contribution in [2.45, 2.75) is 71.9 Å². The highest BCUT2D eigenvalue weighted by atomic mass is 19.3. The van der Waals surface area contributed by atoms with Gasteiger partial charge in [-0.1, -0.05) is 6.07 Å². The molecular formula is C29H35F3N4O3. The Kier molecular flexibility index (Phi) is 7.95. The number of imidazole rings is 1. The van der Waals surface area contributed by atoms with Gasteiger partial charge in [0.1, 0.15) is 17.2 Å². The predicted molar refractivity (Wildman–Crippen MR) is 143 cm³/mol. The zero-order chi connectivity index (χ0) is 28.6. The summed E-state index contributed by atoms with van der Waals surface area (Å²) in [6.45, 7) is 10.9. The number of likely N-dealkylation sites (tertiary alicyclic amines) is 1. The Balaban J connectivity index is 1.78. The Morgan fingerprint density at radius 1 is 1.18 bits per heavy atom. The molecule has 3 heterocycles. The molecule has 1 aromatic carbocycles. The maximum absolute atomic E-state index is 14.4. The fraction of sp³-hybridized carbons (Fsp3) is 0.483. The number of hydrogen-bond acceptors (Lipinski definition) is 4. The minimum atomic E-state index is -2.73. The third-order valence-electron chi connectivity index (χ3n) is 6.88. The lowest BCUT2D eigenvalue weighted by atomic mass is 9.93. The van der Waals surface area contributed by atoms with Gasteiger partial charge in [-0.25, -0.2) is 22.9 Å². The summed E-state index contributed by atoms with van der Waals surface area (Å²) in [6, 6.07) is 5.28. The fourth-order valence-electron chi connectivity index (χ4n) is 4.97. The van der Waals surface area contributed by atoms with Gasteiger partial charge in [-0.3, -0.25) is 4.79 Å². The van der Waals surface area contributed by atoms with Crippen LogP contribution in [0, 0.1) is 12.7 Å². The number of halogens is 3. The molecule has 1 aliphatic rings. The minimum absolute atomic E-state index is 0.00376. The average Bonchev–Trinajstić information content (AvgIpc) is 3.48. The van der Waals surface area contributed by atoms with E-state index in [4.69, 9.17) is 4.74 Å². The van der Waals surface area contributed by atoms with Crippen LogP contribution < -0.4 is 0 Å². The number of rotatable bonds is 6. The van der Waals surface area contributed by atoms with Crippen LogP contribution in [0.2, 0.25) is 0 Å². The van der Waals surface area contributed by atoms with Gasteiger partial charge >= 0.3 is 6.09 Å². The van der Waals surface area contributed by atoms with E-state index in [2.05, 4.69) is 4.98 Å². The van der Waals surface area contributed by atoms with E-state index < -0.39 is 36.3 Å². The van der Waals surface area contributed by atoms with Crippen molar-refractivity contribution in [1.29, 1.82) is 0 Å². The first-order valence-electron chi connectivity index (χ1n) is 13.1. The molecule has 10 heteroatoms. The molecule has 1 aliphatic heterocycles. The topological polar surface area (TPSA) is 67.2 Å². The van der Waals surface area contributed by atoms with Crippen LogP contribution in [0.5, 0.6) is 0 Å². The first kappa shape index (κ1) is 28.4. The third-order valence-corrected chi connectivity index (χ3v) is 6.88. The summed E-state index contributed by atoms with van der Waals surface area (Å²) in [5.74, 6) is -0.597. The second-order valence-corrected chi connectivity index (χ2v) is 11.3. The highest BCUT2D eigenvalue weighted by molar-refractivity contribution is 6.03. The summed E-state index contributed by atoms with van der Waals surface area (Å²) in [7, 11) is 0. The third kappa shape index (κ3) is 6.20. The average molecular weight is 545 g/mol. The largest absolute Gasteiger partial charge is 0.444 e. The number of carbonyl (C=O) groups excluding carboxylic acids is 2. The van der Waals surface area contributed by atoms with Crippen LogP contribution in [0.15, 0.2) is 36.7 Å². The predicted octanol–water partition coefficient (Wildman–Crippen LogP) is 6.29. The van der Waals surface area contributed by atoms with Crippen molar-refractivity contribution in [2.75, 3.05) is 19.6 Å². The Bertz CT molecular complexity index is 1380. The Labute approximate surface area is 226 Å². The molecule has 4 rings (SSSR count). The van der Waals surface area contributed by atoms with Crippen LogP contribution in [0.1, 0.15) is 68.7 Å². The van der Waals surface area contributed by atoms with Gasteiger partial charge in [0, 0.05) is 36.8 Å². The molecule has 2 aromatic heterocycles. The molecule has 1 atom stereocenters. The van der Waals surface area contributed by atoms with Crippen LogP contribution in [0.4, 0.5) is 18.0 Å². The van der Waals surface area contributed by atoms with Crippen LogP contribution in [-0.2, 0) is 4.74 Å². The van der Waals surface area contributed by atoms with Crippen LogP contribution in [0.25, 0.3) is 16.6 Å². The van der Waals surface area contributed by atoms with Crippen LogP contribution in [-0.4, -0.2) is 68.9 Å². The molecule has 0 saturated carbocycles. The SMILES string of the molecule is Cc1ncc2c(-c3ccc(F)cc3C(=O)N(CC(F)F)C(C)C)cc([C@@H]3CCN(C(=O)OC(C)(C)C)C3)cn12. The molecule has 0 bridgehead atoms. The highest BCUT2D eigenvalue weighted by Crippen LogP contribution is 2.36. The summed E-state index contributed by atoms with van der Waals surface area (Å²) in [4.78, 5) is 33.4. The van der Waals surface area contributed by atoms with Crippen LogP contribution in [0.3, 0.4) is 0 Å². The Hall–Kier alpha value is -3.56. The molecule has 0 aliphatic carbocycles. The molecule has 0 N–H and O–H groups in total. The quantitative estimate of drug-likeness (QED) is 0.366. The molecule has 3 aromatic rings. The van der Waals surface area contributed by atoms with Gasteiger partial charge < -0.3 is 18.9 Å². The molecule has 0 unspecified atom stereocenters. The molecule has 210 valence electrons. The fourth-order valence-corrected chi connectivity index (χ4v) is 4.97. The number of ether oxygens (including phenoxy) is 1. The van der Waals surface area contributed by atoms with Crippen molar-refractivity contribution in [3.8, 4) is 11.1 Å². The van der Waals surface area contributed by atoms with Gasteiger partial charge in [-0.2, -0.15) is 0 Å². The Morgan fingerprint density at radius 3 is 2.54 bits per heavy atom. The number of aryl methyl sites for hydroxylation is 1. The van der Waals surface area contributed by atoms with E-state index in [0.29, 0.717) is 42.0 Å². The van der Waals surface area contributed by atoms with E-state index in [0.717, 1.165) is 16.5 Å². The van der Waals surface area contributed by atoms with E-state index in [1.807, 2.05) is 44.4 Å². The van der Waals surface area contributed by atoms with Gasteiger partial charge in [0.05, 0.1) is 23.8 Å². The molecular weight excluding hydrogens is 509 g/mol. The highest BCUT2D eigenvalue weighted by Gasteiger charge is 2.32. The molecule has 2 amide bonds. The zero-order valence-corrected chi connectivity index (χ0v) is 23.2. The van der Waals surface area contributed by atoms with Gasteiger partial charge in [-0.15, -0.1) is 0 Å². The summed E-state index contributed by atoms with van der Waals surface area (Å²) >= 11 is 0. The van der Waals surface area contributed by atoms with Crippen molar-refractivity contribution in [2.24, 2.45) is 0 Å². The van der Waals surface area contributed by atoms with Crippen molar-refractivity contribution in [3.05, 3.63) is 59.4 Å². The van der Waals surface area contributed by atoms with Gasteiger partial charge in [0.15, 0.2) is 0 Å². The van der Waals surface area contributed by atoms with Gasteiger partial charge in [0.25, 0.3) is 12.3 Å². The maximum atomic E-state index is 14.4. The number of pyridine rings is 1. The molecule has 0 spiro atoms. The number of nitrogens with zero attached hydrogens (tertiary/aromatic N) is 4. The second kappa shape index (κ2) is 10.9.